The monoisotopic (exact) mass is 381 g/mol. The molecule has 1 aliphatic heterocycles. The molecule has 1 heterocycles. The first-order chi connectivity index (χ1) is 10.9. The first-order valence-corrected chi connectivity index (χ1v) is 8.76. The molecular weight excluding hydrogens is 358 g/mol. The third kappa shape index (κ3) is 4.54. The summed E-state index contributed by atoms with van der Waals surface area (Å²) in [6.07, 6.45) is 0. The van der Waals surface area contributed by atoms with Gasteiger partial charge in [0.25, 0.3) is 0 Å². The summed E-state index contributed by atoms with van der Waals surface area (Å²) < 4.78 is 0.962. The predicted octanol–water partition coefficient (Wildman–Crippen LogP) is 2.27. The van der Waals surface area contributed by atoms with E-state index in [1.165, 1.54) is 6.92 Å². The number of likely N-dealkylation sites (N-methyl/N-ethyl adjacent to an activating group) is 1. The van der Waals surface area contributed by atoms with Crippen molar-refractivity contribution in [1.82, 2.24) is 9.80 Å². The van der Waals surface area contributed by atoms with Crippen LogP contribution in [0.5, 0.6) is 0 Å². The Hall–Kier alpha value is -1.40. The molecule has 1 aromatic rings. The normalized spacial score (nSPS) is 15.6. The minimum Gasteiger partial charge on any atom is -0.339 e. The Balaban J connectivity index is 2.08. The van der Waals surface area contributed by atoms with Gasteiger partial charge in [-0.15, -0.1) is 0 Å². The van der Waals surface area contributed by atoms with Crippen LogP contribution in [0.25, 0.3) is 0 Å². The number of hydrogen-bond acceptors (Lipinski definition) is 3. The van der Waals surface area contributed by atoms with E-state index in [2.05, 4.69) is 27.8 Å². The molecule has 0 aliphatic carbocycles. The van der Waals surface area contributed by atoms with E-state index in [1.807, 2.05) is 30.0 Å². The number of anilines is 1. The van der Waals surface area contributed by atoms with Crippen LogP contribution in [0.3, 0.4) is 0 Å². The Kier molecular flexibility index (Phi) is 6.18. The molecule has 126 valence electrons. The third-order valence-electron chi connectivity index (χ3n) is 4.30. The van der Waals surface area contributed by atoms with Crippen molar-refractivity contribution in [3.63, 3.8) is 0 Å². The fourth-order valence-corrected chi connectivity index (χ4v) is 3.31. The van der Waals surface area contributed by atoms with Gasteiger partial charge in [-0.25, -0.2) is 0 Å². The molecule has 1 saturated heterocycles. The van der Waals surface area contributed by atoms with Gasteiger partial charge in [-0.2, -0.15) is 0 Å². The first kappa shape index (κ1) is 17.9. The van der Waals surface area contributed by atoms with E-state index >= 15 is 0 Å². The molecule has 0 bridgehead atoms. The van der Waals surface area contributed by atoms with Crippen LogP contribution < -0.4 is 4.90 Å². The molecule has 1 aliphatic rings. The van der Waals surface area contributed by atoms with E-state index in [0.717, 1.165) is 48.4 Å². The Morgan fingerprint density at radius 2 is 1.87 bits per heavy atom. The van der Waals surface area contributed by atoms with Crippen LogP contribution in [0.15, 0.2) is 22.7 Å². The average Bonchev–Trinajstić information content (AvgIpc) is 2.53. The maximum Gasteiger partial charge on any atom is 0.242 e. The van der Waals surface area contributed by atoms with Crippen molar-refractivity contribution in [3.05, 3.63) is 28.2 Å². The SMILES string of the molecule is CCN1CCN(C(=O)CN(C(C)=O)c2ccc(Br)cc2C)CC1. The number of piperazine rings is 1. The number of amides is 2. The predicted molar refractivity (Wildman–Crippen MR) is 95.6 cm³/mol. The maximum absolute atomic E-state index is 12.6. The van der Waals surface area contributed by atoms with E-state index in [1.54, 1.807) is 4.90 Å². The number of halogens is 1. The van der Waals surface area contributed by atoms with Crippen molar-refractivity contribution in [3.8, 4) is 0 Å². The topological polar surface area (TPSA) is 43.9 Å². The van der Waals surface area contributed by atoms with Gasteiger partial charge >= 0.3 is 0 Å². The van der Waals surface area contributed by atoms with Crippen LogP contribution in [-0.4, -0.2) is 60.9 Å². The number of aryl methyl sites for hydroxylation is 1. The van der Waals surface area contributed by atoms with Crippen molar-refractivity contribution in [2.45, 2.75) is 20.8 Å². The highest BCUT2D eigenvalue weighted by molar-refractivity contribution is 9.10. The molecule has 0 atom stereocenters. The highest BCUT2D eigenvalue weighted by Gasteiger charge is 2.24. The zero-order chi connectivity index (χ0) is 17.0. The molecule has 1 aromatic carbocycles. The molecule has 2 amide bonds. The highest BCUT2D eigenvalue weighted by atomic mass is 79.9. The molecule has 0 aromatic heterocycles. The largest absolute Gasteiger partial charge is 0.339 e. The van der Waals surface area contributed by atoms with Crippen LogP contribution in [0.4, 0.5) is 5.69 Å². The Labute approximate surface area is 146 Å². The molecule has 1 fully saturated rings. The number of carbonyl (C=O) groups excluding carboxylic acids is 2. The minimum atomic E-state index is -0.115. The summed E-state index contributed by atoms with van der Waals surface area (Å²) >= 11 is 3.42. The van der Waals surface area contributed by atoms with Crippen molar-refractivity contribution < 1.29 is 9.59 Å². The molecule has 0 spiro atoms. The summed E-state index contributed by atoms with van der Waals surface area (Å²) in [5.41, 5.74) is 1.76. The van der Waals surface area contributed by atoms with Crippen LogP contribution >= 0.6 is 15.9 Å². The average molecular weight is 382 g/mol. The van der Waals surface area contributed by atoms with Crippen molar-refractivity contribution >= 4 is 33.4 Å². The minimum absolute atomic E-state index is 0.0123. The second-order valence-corrected chi connectivity index (χ2v) is 6.77. The fourth-order valence-electron chi connectivity index (χ4n) is 2.84. The van der Waals surface area contributed by atoms with Gasteiger partial charge < -0.3 is 14.7 Å². The smallest absolute Gasteiger partial charge is 0.242 e. The van der Waals surface area contributed by atoms with Crippen LogP contribution in [0.1, 0.15) is 19.4 Å². The van der Waals surface area contributed by atoms with Crippen LogP contribution in [-0.2, 0) is 9.59 Å². The molecule has 2 rings (SSSR count). The highest BCUT2D eigenvalue weighted by Crippen LogP contribution is 2.24. The molecule has 5 nitrogen and oxygen atoms in total. The van der Waals surface area contributed by atoms with Crippen molar-refractivity contribution in [2.75, 3.05) is 44.2 Å². The lowest BCUT2D eigenvalue weighted by Gasteiger charge is -2.35. The molecule has 6 heteroatoms. The van der Waals surface area contributed by atoms with Gasteiger partial charge in [-0.1, -0.05) is 22.9 Å². The van der Waals surface area contributed by atoms with Gasteiger partial charge in [0.2, 0.25) is 11.8 Å². The summed E-state index contributed by atoms with van der Waals surface area (Å²) in [6.45, 7) is 9.97. The fraction of sp³-hybridized carbons (Fsp3) is 0.529. The van der Waals surface area contributed by atoms with Gasteiger partial charge in [-0.3, -0.25) is 9.59 Å². The Morgan fingerprint density at radius 3 is 2.39 bits per heavy atom. The molecule has 23 heavy (non-hydrogen) atoms. The maximum atomic E-state index is 12.6. The van der Waals surface area contributed by atoms with E-state index < -0.39 is 0 Å². The lowest BCUT2D eigenvalue weighted by Crippen LogP contribution is -2.51. The van der Waals surface area contributed by atoms with Crippen LogP contribution in [0, 0.1) is 6.92 Å². The third-order valence-corrected chi connectivity index (χ3v) is 4.79. The van der Waals surface area contributed by atoms with Crippen molar-refractivity contribution in [1.29, 1.82) is 0 Å². The molecule has 0 N–H and O–H groups in total. The van der Waals surface area contributed by atoms with Crippen molar-refractivity contribution in [2.24, 2.45) is 0 Å². The van der Waals surface area contributed by atoms with E-state index in [-0.39, 0.29) is 18.4 Å². The Morgan fingerprint density at radius 1 is 1.22 bits per heavy atom. The standard InChI is InChI=1S/C17H24BrN3O2/c1-4-19-7-9-20(10-8-19)17(23)12-21(14(3)22)16-6-5-15(18)11-13(16)2/h5-6,11H,4,7-10,12H2,1-3H3. The quantitative estimate of drug-likeness (QED) is 0.803. The summed E-state index contributed by atoms with van der Waals surface area (Å²) in [7, 11) is 0. The lowest BCUT2D eigenvalue weighted by atomic mass is 10.1. The van der Waals surface area contributed by atoms with E-state index in [4.69, 9.17) is 0 Å². The first-order valence-electron chi connectivity index (χ1n) is 7.96. The number of benzene rings is 1. The molecule has 0 radical (unpaired) electrons. The summed E-state index contributed by atoms with van der Waals surface area (Å²) in [5.74, 6) is -0.103. The summed E-state index contributed by atoms with van der Waals surface area (Å²) in [4.78, 5) is 30.3. The number of nitrogens with zero attached hydrogens (tertiary/aromatic N) is 3. The number of hydrogen-bond donors (Lipinski definition) is 0. The number of carbonyl (C=O) groups is 2. The summed E-state index contributed by atoms with van der Waals surface area (Å²) in [5, 5.41) is 0. The van der Waals surface area contributed by atoms with E-state index in [0.29, 0.717) is 0 Å². The molecule has 0 saturated carbocycles. The molecular formula is C17H24BrN3O2. The zero-order valence-corrected chi connectivity index (χ0v) is 15.6. The van der Waals surface area contributed by atoms with Gasteiger partial charge in [0.05, 0.1) is 0 Å². The lowest BCUT2D eigenvalue weighted by molar-refractivity contribution is -0.132. The number of rotatable bonds is 4. The van der Waals surface area contributed by atoms with Crippen LogP contribution in [0.2, 0.25) is 0 Å². The van der Waals surface area contributed by atoms with E-state index in [9.17, 15) is 9.59 Å². The zero-order valence-electron chi connectivity index (χ0n) is 14.0. The Bertz CT molecular complexity index is 583. The van der Waals surface area contributed by atoms with Gasteiger partial charge in [0.15, 0.2) is 0 Å². The second kappa shape index (κ2) is 7.93. The summed E-state index contributed by atoms with van der Waals surface area (Å²) in [6, 6.07) is 5.72. The van der Waals surface area contributed by atoms with Gasteiger partial charge in [-0.05, 0) is 37.2 Å². The van der Waals surface area contributed by atoms with Gasteiger partial charge in [0, 0.05) is 43.3 Å². The van der Waals surface area contributed by atoms with Gasteiger partial charge in [0.1, 0.15) is 6.54 Å². The second-order valence-electron chi connectivity index (χ2n) is 5.85. The molecule has 0 unspecified atom stereocenters.